The van der Waals surface area contributed by atoms with Crippen LogP contribution in [0.3, 0.4) is 0 Å². The van der Waals surface area contributed by atoms with Crippen molar-refractivity contribution in [3.8, 4) is 0 Å². The quantitative estimate of drug-likeness (QED) is 0.465. The minimum atomic E-state index is -0.320. The maximum atomic E-state index is 12.2. The molecule has 0 spiro atoms. The molecule has 1 fully saturated rings. The highest BCUT2D eigenvalue weighted by molar-refractivity contribution is 5.96. The Hall–Kier alpha value is -2.82. The molecule has 1 aliphatic carbocycles. The molecule has 2 unspecified atom stereocenters. The molecule has 1 N–H and O–H groups in total. The highest BCUT2D eigenvalue weighted by atomic mass is 16.5. The van der Waals surface area contributed by atoms with E-state index in [1.165, 1.54) is 25.5 Å². The van der Waals surface area contributed by atoms with Crippen LogP contribution in [0, 0.1) is 12.8 Å². The van der Waals surface area contributed by atoms with Crippen LogP contribution in [0.4, 0.5) is 11.6 Å². The lowest BCUT2D eigenvalue weighted by atomic mass is 9.87. The van der Waals surface area contributed by atoms with Crippen LogP contribution >= 0.6 is 0 Å². The summed E-state index contributed by atoms with van der Waals surface area (Å²) in [6, 6.07) is 12.9. The lowest BCUT2D eigenvalue weighted by Crippen LogP contribution is -2.19. The summed E-state index contributed by atoms with van der Waals surface area (Å²) in [7, 11) is 1.42. The average Bonchev–Trinajstić information content (AvgIpc) is 3.09. The molecule has 0 amide bonds. The zero-order chi connectivity index (χ0) is 22.1. The monoisotopic (exact) mass is 419 g/mol. The van der Waals surface area contributed by atoms with Crippen LogP contribution in [0.15, 0.2) is 36.4 Å². The Kier molecular flexibility index (Phi) is 6.03. The van der Waals surface area contributed by atoms with E-state index in [2.05, 4.69) is 61.0 Å². The summed E-state index contributed by atoms with van der Waals surface area (Å²) in [5.41, 5.74) is 5.73. The number of ether oxygens (including phenoxy) is 1. The van der Waals surface area contributed by atoms with Crippen molar-refractivity contribution in [2.45, 2.75) is 65.3 Å². The van der Waals surface area contributed by atoms with E-state index in [-0.39, 0.29) is 5.97 Å². The van der Waals surface area contributed by atoms with Gasteiger partial charge in [-0.1, -0.05) is 45.7 Å². The molecule has 1 aromatic heterocycles. The number of methoxy groups -OCH3 is 1. The summed E-state index contributed by atoms with van der Waals surface area (Å²) in [5.74, 6) is 1.72. The fourth-order valence-electron chi connectivity index (χ4n) is 4.75. The van der Waals surface area contributed by atoms with Gasteiger partial charge in [0.1, 0.15) is 0 Å². The summed E-state index contributed by atoms with van der Waals surface area (Å²) >= 11 is 0. The number of aromatic nitrogens is 2. The number of rotatable bonds is 5. The molecule has 31 heavy (non-hydrogen) atoms. The zero-order valence-electron chi connectivity index (χ0n) is 19.2. The summed E-state index contributed by atoms with van der Waals surface area (Å²) in [6.07, 6.45) is 4.81. The molecule has 0 saturated heterocycles. The van der Waals surface area contributed by atoms with Crippen molar-refractivity contribution < 1.29 is 9.53 Å². The highest BCUT2D eigenvalue weighted by Gasteiger charge is 2.26. The van der Waals surface area contributed by atoms with E-state index in [0.717, 1.165) is 41.1 Å². The van der Waals surface area contributed by atoms with Gasteiger partial charge >= 0.3 is 5.97 Å². The van der Waals surface area contributed by atoms with E-state index < -0.39 is 0 Å². The normalized spacial score (nSPS) is 19.0. The summed E-state index contributed by atoms with van der Waals surface area (Å²) in [6.45, 7) is 8.70. The molecule has 5 heteroatoms. The third kappa shape index (κ3) is 4.32. The van der Waals surface area contributed by atoms with Gasteiger partial charge in [0.25, 0.3) is 0 Å². The van der Waals surface area contributed by atoms with Crippen LogP contribution in [-0.4, -0.2) is 22.6 Å². The van der Waals surface area contributed by atoms with Crippen molar-refractivity contribution in [1.29, 1.82) is 0 Å². The summed E-state index contributed by atoms with van der Waals surface area (Å²) < 4.78 is 7.33. The number of benzene rings is 2. The van der Waals surface area contributed by atoms with E-state index in [4.69, 9.17) is 9.72 Å². The lowest BCUT2D eigenvalue weighted by molar-refractivity contribution is 0.0600. The van der Waals surface area contributed by atoms with Crippen molar-refractivity contribution in [3.63, 3.8) is 0 Å². The van der Waals surface area contributed by atoms with Gasteiger partial charge in [0.15, 0.2) is 0 Å². The molecule has 2 aromatic carbocycles. The summed E-state index contributed by atoms with van der Waals surface area (Å²) in [4.78, 5) is 17.1. The molecule has 5 nitrogen and oxygen atoms in total. The second-order valence-corrected chi connectivity index (χ2v) is 9.28. The zero-order valence-corrected chi connectivity index (χ0v) is 19.2. The van der Waals surface area contributed by atoms with E-state index in [0.29, 0.717) is 23.4 Å². The van der Waals surface area contributed by atoms with Gasteiger partial charge in [-0.25, -0.2) is 9.78 Å². The predicted octanol–water partition coefficient (Wildman–Crippen LogP) is 6.75. The Morgan fingerprint density at radius 3 is 2.58 bits per heavy atom. The van der Waals surface area contributed by atoms with E-state index in [1.807, 2.05) is 13.0 Å². The van der Waals surface area contributed by atoms with Gasteiger partial charge in [-0.2, -0.15) is 0 Å². The molecule has 4 rings (SSSR count). The Morgan fingerprint density at radius 1 is 1.19 bits per heavy atom. The Morgan fingerprint density at radius 2 is 1.94 bits per heavy atom. The second-order valence-electron chi connectivity index (χ2n) is 9.28. The Labute approximate surface area is 184 Å². The minimum Gasteiger partial charge on any atom is -0.465 e. The number of carbonyl (C=O) groups is 1. The molecule has 2 atom stereocenters. The van der Waals surface area contributed by atoms with Crippen LogP contribution in [0.5, 0.6) is 0 Å². The number of carbonyl (C=O) groups excluding carboxylic acids is 1. The number of aryl methyl sites for hydroxylation is 1. The number of nitrogens with zero attached hydrogens (tertiary/aromatic N) is 2. The predicted molar refractivity (Wildman–Crippen MR) is 126 cm³/mol. The topological polar surface area (TPSA) is 56.1 Å². The molecule has 164 valence electrons. The molecule has 1 saturated carbocycles. The first kappa shape index (κ1) is 21.4. The van der Waals surface area contributed by atoms with Gasteiger partial charge in [0.05, 0.1) is 23.7 Å². The van der Waals surface area contributed by atoms with E-state index in [1.54, 1.807) is 0 Å². The number of anilines is 2. The van der Waals surface area contributed by atoms with Gasteiger partial charge < -0.3 is 14.6 Å². The van der Waals surface area contributed by atoms with Crippen molar-refractivity contribution in [2.75, 3.05) is 12.4 Å². The minimum absolute atomic E-state index is 0.320. The van der Waals surface area contributed by atoms with Crippen LogP contribution in [0.25, 0.3) is 11.0 Å². The molecule has 0 radical (unpaired) electrons. The molecule has 0 aliphatic heterocycles. The largest absolute Gasteiger partial charge is 0.465 e. The van der Waals surface area contributed by atoms with E-state index in [9.17, 15) is 4.79 Å². The standard InChI is InChI=1S/C26H33N3O2/c1-16(2)19-9-11-20(12-10-19)27-26-28-23-15-22(25(30)31-5)18(4)14-24(23)29(26)21-8-6-7-17(3)13-21/h9-12,14-17,21H,6-8,13H2,1-5H3,(H,27,28). The molecular formula is C26H33N3O2. The average molecular weight is 420 g/mol. The highest BCUT2D eigenvalue weighted by Crippen LogP contribution is 2.38. The van der Waals surface area contributed by atoms with Crippen LogP contribution in [0.1, 0.15) is 79.9 Å². The van der Waals surface area contributed by atoms with Crippen molar-refractivity contribution in [2.24, 2.45) is 5.92 Å². The maximum Gasteiger partial charge on any atom is 0.338 e. The molecule has 1 heterocycles. The number of hydrogen-bond acceptors (Lipinski definition) is 4. The third-order valence-electron chi connectivity index (χ3n) is 6.55. The lowest BCUT2D eigenvalue weighted by Gasteiger charge is -2.29. The Balaban J connectivity index is 1.79. The number of imidazole rings is 1. The van der Waals surface area contributed by atoms with Crippen LogP contribution in [-0.2, 0) is 4.74 Å². The van der Waals surface area contributed by atoms with Gasteiger partial charge in [0.2, 0.25) is 5.95 Å². The Bertz CT molecular complexity index is 1080. The number of fused-ring (bicyclic) bond motifs is 1. The number of esters is 1. The first-order valence-electron chi connectivity index (χ1n) is 11.3. The number of hydrogen-bond donors (Lipinski definition) is 1. The van der Waals surface area contributed by atoms with Gasteiger partial charge in [-0.05, 0) is 67.0 Å². The van der Waals surface area contributed by atoms with Crippen LogP contribution < -0.4 is 5.32 Å². The first-order chi connectivity index (χ1) is 14.9. The SMILES string of the molecule is COC(=O)c1cc2nc(Nc3ccc(C(C)C)cc3)n(C3CCCC(C)C3)c2cc1C. The molecule has 0 bridgehead atoms. The van der Waals surface area contributed by atoms with Crippen LogP contribution in [0.2, 0.25) is 0 Å². The van der Waals surface area contributed by atoms with Gasteiger partial charge in [-0.15, -0.1) is 0 Å². The number of nitrogens with one attached hydrogen (secondary N) is 1. The van der Waals surface area contributed by atoms with Gasteiger partial charge in [-0.3, -0.25) is 0 Å². The molecule has 3 aromatic rings. The van der Waals surface area contributed by atoms with E-state index >= 15 is 0 Å². The van der Waals surface area contributed by atoms with Crippen molar-refractivity contribution in [1.82, 2.24) is 9.55 Å². The fourth-order valence-corrected chi connectivity index (χ4v) is 4.75. The summed E-state index contributed by atoms with van der Waals surface area (Å²) in [5, 5.41) is 3.56. The van der Waals surface area contributed by atoms with Gasteiger partial charge in [0, 0.05) is 11.7 Å². The second kappa shape index (κ2) is 8.74. The molecular weight excluding hydrogens is 386 g/mol. The van der Waals surface area contributed by atoms with Crippen molar-refractivity contribution in [3.05, 3.63) is 53.1 Å². The molecule has 1 aliphatic rings. The smallest absolute Gasteiger partial charge is 0.338 e. The fraction of sp³-hybridized carbons (Fsp3) is 0.462. The maximum absolute atomic E-state index is 12.2. The third-order valence-corrected chi connectivity index (χ3v) is 6.55. The first-order valence-corrected chi connectivity index (χ1v) is 11.3. The van der Waals surface area contributed by atoms with Crippen molar-refractivity contribution >= 4 is 28.6 Å².